The van der Waals surface area contributed by atoms with E-state index in [1.165, 1.54) is 27.3 Å². The van der Waals surface area contributed by atoms with Crippen molar-refractivity contribution in [2.45, 2.75) is 20.3 Å². The van der Waals surface area contributed by atoms with Gasteiger partial charge in [-0.1, -0.05) is 104 Å². The van der Waals surface area contributed by atoms with Gasteiger partial charge in [0.2, 0.25) is 0 Å². The Balaban J connectivity index is 1.43. The second kappa shape index (κ2) is 9.48. The van der Waals surface area contributed by atoms with E-state index in [9.17, 15) is 0 Å². The van der Waals surface area contributed by atoms with Crippen LogP contribution < -0.4 is 4.90 Å². The fourth-order valence-corrected chi connectivity index (χ4v) is 6.90. The summed E-state index contributed by atoms with van der Waals surface area (Å²) in [6.45, 7) is 4.28. The van der Waals surface area contributed by atoms with Crippen LogP contribution in [0.2, 0.25) is 0 Å². The maximum atomic E-state index is 6.76. The molecule has 0 unspecified atom stereocenters. The Morgan fingerprint density at radius 2 is 1.07 bits per heavy atom. The van der Waals surface area contributed by atoms with Gasteiger partial charge in [0.1, 0.15) is 11.2 Å². The largest absolute Gasteiger partial charge is 0.454 e. The number of nitrogens with zero attached hydrogens (tertiary/aromatic N) is 1. The Bertz CT molecular complexity index is 2570. The molecule has 0 aliphatic carbocycles. The predicted octanol–water partition coefficient (Wildman–Crippen LogP) is 12.1. The molecule has 0 amide bonds. The Hall–Kier alpha value is -5.54. The number of furan rings is 2. The highest BCUT2D eigenvalue weighted by Crippen LogP contribution is 2.48. The smallest absolute Gasteiger partial charge is 0.159 e. The molecule has 210 valence electrons. The minimum Gasteiger partial charge on any atom is -0.454 e. The molecule has 0 atom stereocenters. The van der Waals surface area contributed by atoms with Crippen molar-refractivity contribution in [2.75, 3.05) is 4.90 Å². The highest BCUT2D eigenvalue weighted by atomic mass is 16.3. The number of anilines is 3. The lowest BCUT2D eigenvalue weighted by atomic mass is 9.98. The van der Waals surface area contributed by atoms with Gasteiger partial charge in [-0.15, -0.1) is 0 Å². The molecule has 0 aliphatic heterocycles. The van der Waals surface area contributed by atoms with Crippen LogP contribution in [-0.2, 0) is 6.42 Å². The molecule has 0 fully saturated rings. The summed E-state index contributed by atoms with van der Waals surface area (Å²) >= 11 is 0. The molecule has 0 radical (unpaired) electrons. The minimum atomic E-state index is 0.853. The van der Waals surface area contributed by atoms with Crippen molar-refractivity contribution in [3.8, 4) is 0 Å². The number of hydrogen-bond donors (Lipinski definition) is 0. The van der Waals surface area contributed by atoms with E-state index >= 15 is 0 Å². The van der Waals surface area contributed by atoms with Crippen molar-refractivity contribution in [3.05, 3.63) is 139 Å². The van der Waals surface area contributed by atoms with Crippen LogP contribution in [0.25, 0.3) is 65.4 Å². The van der Waals surface area contributed by atoms with E-state index in [0.29, 0.717) is 0 Å². The van der Waals surface area contributed by atoms with Crippen LogP contribution in [0.1, 0.15) is 18.1 Å². The molecule has 0 bridgehead atoms. The zero-order valence-electron chi connectivity index (χ0n) is 24.6. The van der Waals surface area contributed by atoms with E-state index in [-0.39, 0.29) is 0 Å². The Labute approximate surface area is 254 Å². The average Bonchev–Trinajstić information content (AvgIpc) is 3.63. The lowest BCUT2D eigenvalue weighted by molar-refractivity contribution is 0.666. The van der Waals surface area contributed by atoms with Crippen LogP contribution in [0.15, 0.2) is 136 Å². The molecule has 3 heteroatoms. The molecular weight excluding hydrogens is 538 g/mol. The topological polar surface area (TPSA) is 29.5 Å². The van der Waals surface area contributed by atoms with E-state index in [2.05, 4.69) is 146 Å². The quantitative estimate of drug-likeness (QED) is 0.198. The van der Waals surface area contributed by atoms with E-state index in [1.807, 2.05) is 0 Å². The number of rotatable bonds is 4. The number of fused-ring (bicyclic) bond motifs is 9. The summed E-state index contributed by atoms with van der Waals surface area (Å²) in [6, 6.07) is 45.6. The maximum Gasteiger partial charge on any atom is 0.159 e. The van der Waals surface area contributed by atoms with Gasteiger partial charge in [0.15, 0.2) is 11.2 Å². The van der Waals surface area contributed by atoms with Gasteiger partial charge >= 0.3 is 0 Å². The Morgan fingerprint density at radius 3 is 1.77 bits per heavy atom. The van der Waals surface area contributed by atoms with Crippen molar-refractivity contribution in [2.24, 2.45) is 0 Å². The second-order valence-electron chi connectivity index (χ2n) is 11.7. The van der Waals surface area contributed by atoms with E-state index in [0.717, 1.165) is 72.7 Å². The maximum absolute atomic E-state index is 6.76. The van der Waals surface area contributed by atoms with Crippen molar-refractivity contribution in [3.63, 3.8) is 0 Å². The van der Waals surface area contributed by atoms with Crippen LogP contribution >= 0.6 is 0 Å². The van der Waals surface area contributed by atoms with Crippen LogP contribution in [0.3, 0.4) is 0 Å². The molecule has 2 heterocycles. The first kappa shape index (κ1) is 25.0. The van der Waals surface area contributed by atoms with Crippen molar-refractivity contribution < 1.29 is 8.83 Å². The van der Waals surface area contributed by atoms with Gasteiger partial charge in [-0.25, -0.2) is 0 Å². The molecule has 9 rings (SSSR count). The first-order valence-corrected chi connectivity index (χ1v) is 15.2. The van der Waals surface area contributed by atoms with Gasteiger partial charge in [-0.3, -0.25) is 0 Å². The number of para-hydroxylation sites is 2. The zero-order valence-corrected chi connectivity index (χ0v) is 24.6. The van der Waals surface area contributed by atoms with Crippen molar-refractivity contribution in [1.82, 2.24) is 0 Å². The molecule has 0 spiro atoms. The standard InChI is InChI=1S/C41H29NO2/c1-3-26-19-21-32-34-15-9-17-36(41(34)44-39(32)23-26)42(35-16-8-14-33-31-20-18-25(2)22-38(31)43-40(33)35)37-24-27-10-4-5-11-28(27)29-12-6-7-13-30(29)37/h4-24H,3H2,1-2H3. The van der Waals surface area contributed by atoms with Crippen LogP contribution in [0.5, 0.6) is 0 Å². The van der Waals surface area contributed by atoms with E-state index < -0.39 is 0 Å². The summed E-state index contributed by atoms with van der Waals surface area (Å²) in [6.07, 6.45) is 0.961. The third-order valence-corrected chi connectivity index (χ3v) is 9.05. The third-order valence-electron chi connectivity index (χ3n) is 9.05. The number of aryl methyl sites for hydroxylation is 2. The van der Waals surface area contributed by atoms with Gasteiger partial charge in [0.05, 0.1) is 17.1 Å². The molecule has 0 N–H and O–H groups in total. The molecule has 9 aromatic rings. The van der Waals surface area contributed by atoms with Crippen molar-refractivity contribution >= 4 is 82.5 Å². The normalized spacial score (nSPS) is 12.0. The molecule has 0 aliphatic rings. The lowest BCUT2D eigenvalue weighted by Gasteiger charge is -2.27. The molecular formula is C41H29NO2. The Morgan fingerprint density at radius 1 is 0.477 bits per heavy atom. The molecule has 44 heavy (non-hydrogen) atoms. The summed E-state index contributed by atoms with van der Waals surface area (Å²) in [5.41, 5.74) is 8.97. The summed E-state index contributed by atoms with van der Waals surface area (Å²) < 4.78 is 13.5. The monoisotopic (exact) mass is 567 g/mol. The highest BCUT2D eigenvalue weighted by Gasteiger charge is 2.25. The number of benzene rings is 7. The molecule has 3 nitrogen and oxygen atoms in total. The van der Waals surface area contributed by atoms with E-state index in [4.69, 9.17) is 8.83 Å². The summed E-state index contributed by atoms with van der Waals surface area (Å²) in [4.78, 5) is 2.35. The zero-order chi connectivity index (χ0) is 29.4. The first-order chi connectivity index (χ1) is 21.7. The minimum absolute atomic E-state index is 0.853. The van der Waals surface area contributed by atoms with Crippen LogP contribution in [-0.4, -0.2) is 0 Å². The first-order valence-electron chi connectivity index (χ1n) is 15.2. The lowest BCUT2D eigenvalue weighted by Crippen LogP contribution is -2.11. The fourth-order valence-electron chi connectivity index (χ4n) is 6.90. The Kier molecular flexibility index (Phi) is 5.39. The highest BCUT2D eigenvalue weighted by molar-refractivity contribution is 6.19. The van der Waals surface area contributed by atoms with E-state index in [1.54, 1.807) is 0 Å². The molecule has 0 saturated heterocycles. The average molecular weight is 568 g/mol. The summed E-state index contributed by atoms with van der Waals surface area (Å²) in [5, 5.41) is 9.23. The SMILES string of the molecule is CCc1ccc2c(c1)oc1c(N(c3cc4ccccc4c4ccccc34)c3cccc4c3oc3cc(C)ccc34)cccc12. The van der Waals surface area contributed by atoms with Gasteiger partial charge in [0.25, 0.3) is 0 Å². The second-order valence-corrected chi connectivity index (χ2v) is 11.7. The third kappa shape index (κ3) is 3.62. The van der Waals surface area contributed by atoms with Gasteiger partial charge in [-0.05, 0) is 71.0 Å². The summed E-state index contributed by atoms with van der Waals surface area (Å²) in [7, 11) is 0. The molecule has 7 aromatic carbocycles. The number of hydrogen-bond acceptors (Lipinski definition) is 3. The van der Waals surface area contributed by atoms with Gasteiger partial charge < -0.3 is 13.7 Å². The fraction of sp³-hybridized carbons (Fsp3) is 0.0732. The predicted molar refractivity (Wildman–Crippen MR) is 185 cm³/mol. The van der Waals surface area contributed by atoms with Crippen LogP contribution in [0.4, 0.5) is 17.1 Å². The van der Waals surface area contributed by atoms with Crippen LogP contribution in [0, 0.1) is 6.92 Å². The molecule has 0 saturated carbocycles. The van der Waals surface area contributed by atoms with Crippen molar-refractivity contribution in [1.29, 1.82) is 0 Å². The van der Waals surface area contributed by atoms with Gasteiger partial charge in [-0.2, -0.15) is 0 Å². The molecule has 2 aromatic heterocycles. The van der Waals surface area contributed by atoms with Gasteiger partial charge in [0, 0.05) is 26.9 Å². The summed E-state index contributed by atoms with van der Waals surface area (Å²) in [5.74, 6) is 0.